The first-order valence-electron chi connectivity index (χ1n) is 40.4. The molecule has 0 bridgehead atoms. The summed E-state index contributed by atoms with van der Waals surface area (Å²) >= 11 is 0. The van der Waals surface area contributed by atoms with Crippen molar-refractivity contribution in [2.75, 3.05) is 360 Å². The standard InChI is InChI=1S/C88H128O30/c1-89-19-25-95-31-37-101-43-49-107-55-61-113-83-67-73(68-84(114-62-56-108-50-44-102-38-32-96-26-20-90-2)87(83)117-65-59-111-53-47-105-41-35-99-29-23-93-5)15-17-79-77-13-9-10-14-78(77)80(82-72-76-12-8-7-11-75(76)71-81(79)82)18-16-74-69-85(115-63-57-109-51-45-103-39-33-97-27-21-91-3)88(118-66-60-112-54-48-106-42-36-100-30-24-94-6)86(70-74)116-64-58-110-52-46-104-40-34-98-28-22-92-4/h7-14,67-72H,19-66H2,1-6H3. The number of benzene rings is 6. The number of methoxy groups -OCH3 is 6. The van der Waals surface area contributed by atoms with Crippen LogP contribution in [0.25, 0.3) is 32.3 Å². The summed E-state index contributed by atoms with van der Waals surface area (Å²) in [7, 11) is 9.80. The number of fused-ring (bicyclic) bond motifs is 3. The summed E-state index contributed by atoms with van der Waals surface area (Å²) in [5.74, 6) is 16.6. The SMILES string of the molecule is COCCOCCOCCOCCOc1cc(C#Cc2c3ccccc3c(C#Cc3cc(OCCOCCOCCOCCOC)c(OCCOCCOCCOCCOC)c(OCCOCCOCCOCCOC)c3)c3cc4ccccc4cc23)cc(OCCOCCOCCOCCOC)c1OCCOCCOCCOCCOC. The predicted molar refractivity (Wildman–Crippen MR) is 443 cm³/mol. The van der Waals surface area contributed by atoms with Crippen LogP contribution in [-0.4, -0.2) is 360 Å². The Labute approximate surface area is 696 Å². The summed E-state index contributed by atoms with van der Waals surface area (Å²) < 4.78 is 173. The van der Waals surface area contributed by atoms with Gasteiger partial charge in [0.05, 0.1) is 277 Å². The zero-order chi connectivity index (χ0) is 83.1. The van der Waals surface area contributed by atoms with E-state index in [1.807, 2.05) is 48.5 Å². The van der Waals surface area contributed by atoms with Crippen LogP contribution in [0.5, 0.6) is 34.5 Å². The highest BCUT2D eigenvalue weighted by molar-refractivity contribution is 6.13. The molecule has 0 amide bonds. The van der Waals surface area contributed by atoms with Gasteiger partial charge >= 0.3 is 0 Å². The molecule has 30 nitrogen and oxygen atoms in total. The van der Waals surface area contributed by atoms with Crippen molar-refractivity contribution in [3.63, 3.8) is 0 Å². The fourth-order valence-electron chi connectivity index (χ4n) is 10.8. The highest BCUT2D eigenvalue weighted by atomic mass is 16.6. The normalized spacial score (nSPS) is 11.4. The van der Waals surface area contributed by atoms with E-state index in [2.05, 4.69) is 60.1 Å². The lowest BCUT2D eigenvalue weighted by Crippen LogP contribution is -2.16. The van der Waals surface area contributed by atoms with Crippen LogP contribution in [0.3, 0.4) is 0 Å². The Morgan fingerprint density at radius 2 is 0.356 bits per heavy atom. The molecule has 0 saturated carbocycles. The highest BCUT2D eigenvalue weighted by Gasteiger charge is 2.20. The number of hydrogen-bond acceptors (Lipinski definition) is 30. The van der Waals surface area contributed by atoms with Crippen LogP contribution in [0.2, 0.25) is 0 Å². The fraction of sp³-hybridized carbons (Fsp3) is 0.614. The Morgan fingerprint density at radius 1 is 0.178 bits per heavy atom. The van der Waals surface area contributed by atoms with E-state index in [1.165, 1.54) is 0 Å². The van der Waals surface area contributed by atoms with Crippen molar-refractivity contribution < 1.29 is 142 Å². The lowest BCUT2D eigenvalue weighted by atomic mass is 9.90. The van der Waals surface area contributed by atoms with Crippen LogP contribution in [-0.2, 0) is 114 Å². The van der Waals surface area contributed by atoms with E-state index in [1.54, 1.807) is 42.7 Å². The predicted octanol–water partition coefficient (Wildman–Crippen LogP) is 8.40. The van der Waals surface area contributed by atoms with Gasteiger partial charge in [-0.1, -0.05) is 72.2 Å². The van der Waals surface area contributed by atoms with Gasteiger partial charge in [-0.25, -0.2) is 0 Å². The molecule has 0 saturated heterocycles. The Balaban J connectivity index is 1.36. The molecule has 0 radical (unpaired) electrons. The Bertz CT molecular complexity index is 3290. The van der Waals surface area contributed by atoms with Gasteiger partial charge in [0.25, 0.3) is 0 Å². The van der Waals surface area contributed by atoms with Crippen LogP contribution in [0.4, 0.5) is 0 Å². The number of hydrogen-bond donors (Lipinski definition) is 0. The van der Waals surface area contributed by atoms with Crippen LogP contribution in [0.1, 0.15) is 22.3 Å². The van der Waals surface area contributed by atoms with Crippen LogP contribution < -0.4 is 28.4 Å². The van der Waals surface area contributed by atoms with Crippen LogP contribution in [0.15, 0.2) is 84.9 Å². The third-order valence-corrected chi connectivity index (χ3v) is 16.5. The molecule has 30 heteroatoms. The van der Waals surface area contributed by atoms with E-state index in [0.29, 0.717) is 283 Å². The second-order valence-electron chi connectivity index (χ2n) is 25.2. The lowest BCUT2D eigenvalue weighted by Gasteiger charge is -2.18. The van der Waals surface area contributed by atoms with Crippen molar-refractivity contribution in [2.24, 2.45) is 0 Å². The quantitative estimate of drug-likeness (QED) is 0.0197. The molecule has 118 heavy (non-hydrogen) atoms. The van der Waals surface area contributed by atoms with E-state index in [4.69, 9.17) is 142 Å². The molecule has 0 aliphatic heterocycles. The van der Waals surface area contributed by atoms with Gasteiger partial charge in [0, 0.05) is 64.9 Å². The molecule has 0 spiro atoms. The Morgan fingerprint density at radius 3 is 0.559 bits per heavy atom. The van der Waals surface area contributed by atoms with E-state index in [9.17, 15) is 0 Å². The number of rotatable bonds is 78. The summed E-state index contributed by atoms with van der Waals surface area (Å²) in [6.07, 6.45) is 0. The van der Waals surface area contributed by atoms with Crippen LogP contribution in [0, 0.1) is 23.7 Å². The fourth-order valence-corrected chi connectivity index (χ4v) is 10.8. The van der Waals surface area contributed by atoms with E-state index in [-0.39, 0.29) is 79.3 Å². The molecule has 0 fully saturated rings. The molecule has 0 heterocycles. The van der Waals surface area contributed by atoms with Gasteiger partial charge in [-0.15, -0.1) is 0 Å². The summed E-state index contributed by atoms with van der Waals surface area (Å²) in [5, 5.41) is 5.52. The summed E-state index contributed by atoms with van der Waals surface area (Å²) in [6.45, 7) is 17.8. The molecule has 660 valence electrons. The van der Waals surface area contributed by atoms with Crippen molar-refractivity contribution in [3.8, 4) is 58.2 Å². The first-order chi connectivity index (χ1) is 58.5. The van der Waals surface area contributed by atoms with Gasteiger partial charge in [0.15, 0.2) is 23.0 Å². The van der Waals surface area contributed by atoms with Gasteiger partial charge in [-0.2, -0.15) is 0 Å². The van der Waals surface area contributed by atoms with E-state index >= 15 is 0 Å². The summed E-state index contributed by atoms with van der Waals surface area (Å²) in [6, 6.07) is 28.1. The third kappa shape index (κ3) is 44.6. The first kappa shape index (κ1) is 99.9. The first-order valence-corrected chi connectivity index (χ1v) is 40.4. The number of ether oxygens (including phenoxy) is 30. The molecule has 0 aliphatic carbocycles. The molecule has 6 aromatic carbocycles. The molecular formula is C88H128O30. The Hall–Kier alpha value is -6.94. The van der Waals surface area contributed by atoms with Gasteiger partial charge in [-0.3, -0.25) is 0 Å². The van der Waals surface area contributed by atoms with Crippen molar-refractivity contribution in [1.82, 2.24) is 0 Å². The Kier molecular flexibility index (Phi) is 59.0. The van der Waals surface area contributed by atoms with Crippen LogP contribution >= 0.6 is 0 Å². The topological polar surface area (TPSA) is 277 Å². The molecule has 0 atom stereocenters. The van der Waals surface area contributed by atoms with E-state index in [0.717, 1.165) is 43.4 Å². The second-order valence-corrected chi connectivity index (χ2v) is 25.2. The molecule has 0 unspecified atom stereocenters. The lowest BCUT2D eigenvalue weighted by molar-refractivity contribution is -0.00160. The van der Waals surface area contributed by atoms with E-state index < -0.39 is 0 Å². The van der Waals surface area contributed by atoms with Gasteiger partial charge in [-0.05, 0) is 68.7 Å². The molecule has 6 rings (SSSR count). The van der Waals surface area contributed by atoms with Crippen molar-refractivity contribution >= 4 is 32.3 Å². The second kappa shape index (κ2) is 69.7. The maximum Gasteiger partial charge on any atom is 0.203 e. The zero-order valence-electron chi connectivity index (χ0n) is 70.3. The van der Waals surface area contributed by atoms with Crippen molar-refractivity contribution in [1.29, 1.82) is 0 Å². The van der Waals surface area contributed by atoms with Crippen molar-refractivity contribution in [3.05, 3.63) is 107 Å². The minimum absolute atomic E-state index is 0.150. The van der Waals surface area contributed by atoms with Gasteiger partial charge in [0.2, 0.25) is 11.5 Å². The largest absolute Gasteiger partial charge is 0.487 e. The molecule has 0 N–H and O–H groups in total. The monoisotopic (exact) mass is 1660 g/mol. The molecule has 0 aliphatic rings. The maximum absolute atomic E-state index is 6.57. The van der Waals surface area contributed by atoms with Crippen molar-refractivity contribution in [2.45, 2.75) is 0 Å². The average molecular weight is 1670 g/mol. The highest BCUT2D eigenvalue weighted by Crippen LogP contribution is 2.42. The summed E-state index contributed by atoms with van der Waals surface area (Å²) in [4.78, 5) is 0. The smallest absolute Gasteiger partial charge is 0.203 e. The minimum atomic E-state index is 0.150. The molecule has 0 aromatic heterocycles. The zero-order valence-corrected chi connectivity index (χ0v) is 70.3. The minimum Gasteiger partial charge on any atom is -0.487 e. The van der Waals surface area contributed by atoms with Gasteiger partial charge in [0.1, 0.15) is 39.6 Å². The molecular weight excluding hydrogens is 1540 g/mol. The summed E-state index contributed by atoms with van der Waals surface area (Å²) in [5.41, 5.74) is 2.70. The third-order valence-electron chi connectivity index (χ3n) is 16.5. The molecule has 6 aromatic rings. The average Bonchev–Trinajstić information content (AvgIpc) is 0.741. The van der Waals surface area contributed by atoms with Gasteiger partial charge < -0.3 is 142 Å². The maximum atomic E-state index is 6.57.